The van der Waals surface area contributed by atoms with Crippen LogP contribution in [-0.2, 0) is 6.54 Å². The first kappa shape index (κ1) is 11.7. The van der Waals surface area contributed by atoms with Crippen molar-refractivity contribution < 1.29 is 4.74 Å². The molecule has 4 heteroatoms. The fourth-order valence-corrected chi connectivity index (χ4v) is 1.51. The molecule has 0 bridgehead atoms. The van der Waals surface area contributed by atoms with Crippen LogP contribution in [0.3, 0.4) is 0 Å². The highest BCUT2D eigenvalue weighted by Crippen LogP contribution is 2.07. The highest BCUT2D eigenvalue weighted by Gasteiger charge is 1.94. The van der Waals surface area contributed by atoms with Crippen LogP contribution in [0.4, 0.5) is 0 Å². The Morgan fingerprint density at radius 3 is 2.88 bits per heavy atom. The summed E-state index contributed by atoms with van der Waals surface area (Å²) in [4.78, 5) is 7.01. The van der Waals surface area contributed by atoms with Gasteiger partial charge >= 0.3 is 0 Å². The second kappa shape index (κ2) is 6.70. The minimum Gasteiger partial charge on any atom is -0.494 e. The molecule has 90 valence electrons. The van der Waals surface area contributed by atoms with Crippen molar-refractivity contribution in [2.45, 2.75) is 13.0 Å². The monoisotopic (exact) mass is 231 g/mol. The van der Waals surface area contributed by atoms with Gasteiger partial charge in [0.25, 0.3) is 0 Å². The molecule has 0 atom stereocenters. The Kier molecular flexibility index (Phi) is 4.60. The zero-order chi connectivity index (χ0) is 11.8. The van der Waals surface area contributed by atoms with E-state index in [1.54, 1.807) is 6.33 Å². The summed E-state index contributed by atoms with van der Waals surface area (Å²) in [7, 11) is 0. The Bertz CT molecular complexity index is 400. The van der Waals surface area contributed by atoms with E-state index in [-0.39, 0.29) is 0 Å². The highest BCUT2D eigenvalue weighted by atomic mass is 16.5. The molecule has 1 heterocycles. The number of para-hydroxylation sites is 1. The number of hydrogen-bond acceptors (Lipinski definition) is 3. The lowest BCUT2D eigenvalue weighted by Gasteiger charge is -2.06. The van der Waals surface area contributed by atoms with Crippen LogP contribution >= 0.6 is 0 Å². The molecule has 1 aromatic heterocycles. The van der Waals surface area contributed by atoms with Gasteiger partial charge in [0, 0.05) is 18.4 Å². The SMILES string of the molecule is c1ccc(OCCCNCc2cnc[nH]2)cc1. The normalized spacial score (nSPS) is 10.4. The van der Waals surface area contributed by atoms with Gasteiger partial charge in [0.05, 0.1) is 12.9 Å². The van der Waals surface area contributed by atoms with Crippen LogP contribution in [0.1, 0.15) is 12.1 Å². The van der Waals surface area contributed by atoms with Crippen molar-refractivity contribution in [2.24, 2.45) is 0 Å². The van der Waals surface area contributed by atoms with Gasteiger partial charge in [0.2, 0.25) is 0 Å². The minimum atomic E-state index is 0.736. The minimum absolute atomic E-state index is 0.736. The maximum absolute atomic E-state index is 5.58. The van der Waals surface area contributed by atoms with Crippen molar-refractivity contribution in [1.82, 2.24) is 15.3 Å². The molecule has 0 radical (unpaired) electrons. The fourth-order valence-electron chi connectivity index (χ4n) is 1.51. The average Bonchev–Trinajstić information content (AvgIpc) is 2.88. The van der Waals surface area contributed by atoms with Crippen molar-refractivity contribution in [3.63, 3.8) is 0 Å². The molecule has 4 nitrogen and oxygen atoms in total. The average molecular weight is 231 g/mol. The smallest absolute Gasteiger partial charge is 0.119 e. The van der Waals surface area contributed by atoms with Gasteiger partial charge in [-0.3, -0.25) is 0 Å². The van der Waals surface area contributed by atoms with E-state index < -0.39 is 0 Å². The Morgan fingerprint density at radius 1 is 1.24 bits per heavy atom. The van der Waals surface area contributed by atoms with Crippen molar-refractivity contribution in [1.29, 1.82) is 0 Å². The van der Waals surface area contributed by atoms with Gasteiger partial charge in [-0.25, -0.2) is 4.98 Å². The maximum atomic E-state index is 5.58. The molecule has 0 aliphatic rings. The van der Waals surface area contributed by atoms with E-state index in [9.17, 15) is 0 Å². The summed E-state index contributed by atoms with van der Waals surface area (Å²) < 4.78 is 5.58. The molecule has 0 saturated carbocycles. The van der Waals surface area contributed by atoms with E-state index >= 15 is 0 Å². The Morgan fingerprint density at radius 2 is 2.12 bits per heavy atom. The lowest BCUT2D eigenvalue weighted by Crippen LogP contribution is -2.17. The van der Waals surface area contributed by atoms with E-state index in [1.165, 1.54) is 0 Å². The molecular formula is C13H17N3O. The summed E-state index contributed by atoms with van der Waals surface area (Å²) >= 11 is 0. The van der Waals surface area contributed by atoms with Crippen LogP contribution in [0.5, 0.6) is 5.75 Å². The quantitative estimate of drug-likeness (QED) is 0.716. The molecule has 0 saturated heterocycles. The van der Waals surface area contributed by atoms with Crippen molar-refractivity contribution in [2.75, 3.05) is 13.2 Å². The molecular weight excluding hydrogens is 214 g/mol. The van der Waals surface area contributed by atoms with E-state index in [4.69, 9.17) is 4.74 Å². The molecule has 0 unspecified atom stereocenters. The van der Waals surface area contributed by atoms with Crippen LogP contribution in [0.15, 0.2) is 42.9 Å². The summed E-state index contributed by atoms with van der Waals surface area (Å²) in [5, 5.41) is 3.32. The first-order valence-corrected chi connectivity index (χ1v) is 5.81. The van der Waals surface area contributed by atoms with Crippen LogP contribution in [-0.4, -0.2) is 23.1 Å². The number of benzene rings is 1. The number of aromatic nitrogens is 2. The molecule has 0 aliphatic carbocycles. The second-order valence-electron chi connectivity index (χ2n) is 3.77. The molecule has 0 fully saturated rings. The van der Waals surface area contributed by atoms with Crippen LogP contribution < -0.4 is 10.1 Å². The lowest BCUT2D eigenvalue weighted by molar-refractivity contribution is 0.308. The number of aromatic amines is 1. The zero-order valence-corrected chi connectivity index (χ0v) is 9.73. The maximum Gasteiger partial charge on any atom is 0.119 e. The van der Waals surface area contributed by atoms with Gasteiger partial charge in [-0.2, -0.15) is 0 Å². The third-order valence-electron chi connectivity index (χ3n) is 2.38. The van der Waals surface area contributed by atoms with Crippen LogP contribution in [0, 0.1) is 0 Å². The molecule has 2 aromatic rings. The first-order chi connectivity index (χ1) is 8.45. The molecule has 17 heavy (non-hydrogen) atoms. The van der Waals surface area contributed by atoms with E-state index in [1.807, 2.05) is 36.5 Å². The predicted octanol–water partition coefficient (Wildman–Crippen LogP) is 1.97. The third kappa shape index (κ3) is 4.28. The van der Waals surface area contributed by atoms with Gasteiger partial charge in [0.1, 0.15) is 5.75 Å². The van der Waals surface area contributed by atoms with Gasteiger partial charge in [-0.15, -0.1) is 0 Å². The van der Waals surface area contributed by atoms with Crippen molar-refractivity contribution in [3.05, 3.63) is 48.5 Å². The molecule has 2 N–H and O–H groups in total. The fraction of sp³-hybridized carbons (Fsp3) is 0.308. The molecule has 2 rings (SSSR count). The molecule has 1 aromatic carbocycles. The predicted molar refractivity (Wildman–Crippen MR) is 66.8 cm³/mol. The first-order valence-electron chi connectivity index (χ1n) is 5.81. The van der Waals surface area contributed by atoms with Crippen LogP contribution in [0.25, 0.3) is 0 Å². The number of hydrogen-bond donors (Lipinski definition) is 2. The zero-order valence-electron chi connectivity index (χ0n) is 9.73. The lowest BCUT2D eigenvalue weighted by atomic mass is 10.3. The number of imidazole rings is 1. The van der Waals surface area contributed by atoms with E-state index in [0.29, 0.717) is 0 Å². The van der Waals surface area contributed by atoms with Crippen molar-refractivity contribution >= 4 is 0 Å². The Balaban J connectivity index is 1.52. The summed E-state index contributed by atoms with van der Waals surface area (Å²) in [6.07, 6.45) is 4.51. The van der Waals surface area contributed by atoms with Gasteiger partial charge in [0.15, 0.2) is 0 Å². The standard InChI is InChI=1S/C13H17N3O/c1-2-5-13(6-3-1)17-8-4-7-14-9-12-10-15-11-16-12/h1-3,5-6,10-11,14H,4,7-9H2,(H,15,16). The van der Waals surface area contributed by atoms with Gasteiger partial charge < -0.3 is 15.0 Å². The van der Waals surface area contributed by atoms with Gasteiger partial charge in [-0.1, -0.05) is 18.2 Å². The third-order valence-corrected chi connectivity index (χ3v) is 2.38. The molecule has 0 spiro atoms. The number of H-pyrrole nitrogens is 1. The van der Waals surface area contributed by atoms with Gasteiger partial charge in [-0.05, 0) is 25.1 Å². The number of nitrogens with one attached hydrogen (secondary N) is 2. The van der Waals surface area contributed by atoms with E-state index in [0.717, 1.165) is 37.6 Å². The molecule has 0 aliphatic heterocycles. The highest BCUT2D eigenvalue weighted by molar-refractivity contribution is 5.20. The summed E-state index contributed by atoms with van der Waals surface area (Å²) in [5.74, 6) is 0.932. The summed E-state index contributed by atoms with van der Waals surface area (Å²) in [6, 6.07) is 9.88. The second-order valence-corrected chi connectivity index (χ2v) is 3.77. The summed E-state index contributed by atoms with van der Waals surface area (Å²) in [5.41, 5.74) is 1.11. The number of ether oxygens (including phenoxy) is 1. The number of nitrogens with zero attached hydrogens (tertiary/aromatic N) is 1. The topological polar surface area (TPSA) is 49.9 Å². The van der Waals surface area contributed by atoms with Crippen LogP contribution in [0.2, 0.25) is 0 Å². The Hall–Kier alpha value is -1.81. The van der Waals surface area contributed by atoms with E-state index in [2.05, 4.69) is 15.3 Å². The van der Waals surface area contributed by atoms with Crippen molar-refractivity contribution in [3.8, 4) is 5.75 Å². The molecule has 0 amide bonds. The summed E-state index contributed by atoms with van der Waals surface area (Å²) in [6.45, 7) is 2.50. The number of rotatable bonds is 7. The largest absolute Gasteiger partial charge is 0.494 e. The Labute approximate surface area is 101 Å².